The van der Waals surface area contributed by atoms with Crippen LogP contribution in [-0.2, 0) is 11.3 Å². The van der Waals surface area contributed by atoms with Crippen molar-refractivity contribution in [2.24, 2.45) is 10.7 Å². The van der Waals surface area contributed by atoms with Crippen molar-refractivity contribution in [3.63, 3.8) is 0 Å². The molecule has 1 saturated heterocycles. The number of carbonyl (C=O) groups is 1. The van der Waals surface area contributed by atoms with Gasteiger partial charge in [0.15, 0.2) is 23.1 Å². The predicted octanol–water partition coefficient (Wildman–Crippen LogP) is 0.604. The molecule has 40 heavy (non-hydrogen) atoms. The molecule has 3 aromatic rings. The van der Waals surface area contributed by atoms with Crippen LogP contribution in [-0.4, -0.2) is 73.7 Å². The van der Waals surface area contributed by atoms with Gasteiger partial charge in [0, 0.05) is 50.2 Å². The fraction of sp³-hybridized carbons (Fsp3) is 0.370. The van der Waals surface area contributed by atoms with Crippen LogP contribution in [0.2, 0.25) is 0 Å². The first-order valence-corrected chi connectivity index (χ1v) is 13.0. The highest BCUT2D eigenvalue weighted by Crippen LogP contribution is 2.28. The van der Waals surface area contributed by atoms with E-state index in [0.29, 0.717) is 40.2 Å². The second-order valence-electron chi connectivity index (χ2n) is 9.48. The van der Waals surface area contributed by atoms with Gasteiger partial charge in [-0.15, -0.1) is 0 Å². The Balaban J connectivity index is 1.47. The number of aromatic nitrogens is 2. The molecule has 3 heterocycles. The van der Waals surface area contributed by atoms with Crippen LogP contribution >= 0.6 is 0 Å². The molecule has 0 atom stereocenters. The number of piperazine rings is 1. The number of primary amides is 1. The first-order valence-electron chi connectivity index (χ1n) is 13.0. The van der Waals surface area contributed by atoms with Crippen molar-refractivity contribution in [1.29, 1.82) is 0 Å². The normalized spacial score (nSPS) is 15.4. The second kappa shape index (κ2) is 12.3. The molecule has 1 aromatic heterocycles. The Labute approximate surface area is 229 Å². The molecular formula is C27H32F2N8O3. The number of hydrogen-bond donors (Lipinski definition) is 3. The summed E-state index contributed by atoms with van der Waals surface area (Å²) in [7, 11) is 1.54. The van der Waals surface area contributed by atoms with Gasteiger partial charge >= 0.3 is 0 Å². The van der Waals surface area contributed by atoms with Crippen molar-refractivity contribution in [2.75, 3.05) is 63.3 Å². The van der Waals surface area contributed by atoms with Crippen molar-refractivity contribution in [3.8, 4) is 11.5 Å². The summed E-state index contributed by atoms with van der Waals surface area (Å²) in [6.45, 7) is 5.40. The van der Waals surface area contributed by atoms with Crippen molar-refractivity contribution in [1.82, 2.24) is 20.0 Å². The number of carbonyl (C=O) groups excluding carboxylic acids is 1. The van der Waals surface area contributed by atoms with Gasteiger partial charge in [0.1, 0.15) is 19.0 Å². The standard InChI is InChI=1S/C27H32F2N8O3/c1-39-23-12-19-21(13-24(23)40-11-3-8-35-9-6-31-7-10-35)32-17-37(22-5-2-4-20(28)26(22)29)27(19)34-18-14-33-36(15-18)16-25(30)38/h2,4-5,12-15,31,34H,3,6-11,16-17H2,1H3,(H2,30,38). The van der Waals surface area contributed by atoms with Gasteiger partial charge in [-0.25, -0.2) is 8.78 Å². The number of amides is 1. The zero-order valence-corrected chi connectivity index (χ0v) is 22.2. The monoisotopic (exact) mass is 554 g/mol. The van der Waals surface area contributed by atoms with Gasteiger partial charge in [-0.3, -0.25) is 14.5 Å². The van der Waals surface area contributed by atoms with Gasteiger partial charge in [0.05, 0.1) is 36.6 Å². The highest BCUT2D eigenvalue weighted by molar-refractivity contribution is 5.78. The smallest absolute Gasteiger partial charge is 0.239 e. The molecular weight excluding hydrogens is 522 g/mol. The summed E-state index contributed by atoms with van der Waals surface area (Å²) in [5, 5.41) is 11.9. The first kappa shape index (κ1) is 27.3. The van der Waals surface area contributed by atoms with Crippen molar-refractivity contribution >= 4 is 23.1 Å². The van der Waals surface area contributed by atoms with E-state index in [4.69, 9.17) is 15.2 Å². The largest absolute Gasteiger partial charge is 0.493 e. The van der Waals surface area contributed by atoms with Crippen LogP contribution in [0.15, 0.2) is 47.7 Å². The van der Waals surface area contributed by atoms with Gasteiger partial charge in [-0.05, 0) is 24.6 Å². The van der Waals surface area contributed by atoms with E-state index < -0.39 is 17.5 Å². The number of methoxy groups -OCH3 is 1. The number of fused-ring (bicyclic) bond motifs is 1. The molecule has 2 aromatic carbocycles. The third-order valence-corrected chi connectivity index (χ3v) is 6.71. The van der Waals surface area contributed by atoms with Crippen LogP contribution in [0.3, 0.4) is 0 Å². The number of ether oxygens (including phenoxy) is 2. The van der Waals surface area contributed by atoms with E-state index in [9.17, 15) is 13.6 Å². The van der Waals surface area contributed by atoms with Crippen LogP contribution in [0.1, 0.15) is 6.42 Å². The molecule has 4 N–H and O–H groups in total. The van der Waals surface area contributed by atoms with E-state index in [1.807, 2.05) is 0 Å². The molecule has 0 bridgehead atoms. The zero-order chi connectivity index (χ0) is 28.1. The van der Waals surface area contributed by atoms with E-state index in [1.165, 1.54) is 27.9 Å². The number of rotatable bonds is 11. The summed E-state index contributed by atoms with van der Waals surface area (Å²) < 4.78 is 42.2. The summed E-state index contributed by atoms with van der Waals surface area (Å²) in [4.78, 5) is 19.9. The second-order valence-corrected chi connectivity index (χ2v) is 9.48. The highest BCUT2D eigenvalue weighted by Gasteiger charge is 2.23. The molecule has 0 unspecified atom stereocenters. The van der Waals surface area contributed by atoms with Crippen LogP contribution in [0.25, 0.3) is 5.82 Å². The molecule has 2 aliphatic heterocycles. The van der Waals surface area contributed by atoms with E-state index in [0.717, 1.165) is 45.2 Å². The van der Waals surface area contributed by atoms with Crippen molar-refractivity contribution < 1.29 is 23.0 Å². The lowest BCUT2D eigenvalue weighted by atomic mass is 10.2. The Morgan fingerprint density at radius 2 is 2.02 bits per heavy atom. The molecule has 13 heteroatoms. The average molecular weight is 555 g/mol. The SMILES string of the molecule is COc1cc2c(cc1OCCCN1CCNCC1)=NCN(c1cccc(F)c1F)C=2Nc1cnn(CC(N)=O)c1. The minimum Gasteiger partial charge on any atom is -0.493 e. The summed E-state index contributed by atoms with van der Waals surface area (Å²) in [5.74, 6) is -1.07. The topological polar surface area (TPSA) is 122 Å². The minimum atomic E-state index is -0.999. The summed E-state index contributed by atoms with van der Waals surface area (Å²) in [6.07, 6.45) is 3.96. The van der Waals surface area contributed by atoms with Crippen LogP contribution < -0.4 is 41.3 Å². The van der Waals surface area contributed by atoms with E-state index >= 15 is 0 Å². The van der Waals surface area contributed by atoms with E-state index in [1.54, 1.807) is 25.4 Å². The molecule has 11 nitrogen and oxygen atoms in total. The number of nitrogens with one attached hydrogen (secondary N) is 2. The number of benzene rings is 2. The number of nitrogens with zero attached hydrogens (tertiary/aromatic N) is 5. The Morgan fingerprint density at radius 3 is 2.80 bits per heavy atom. The van der Waals surface area contributed by atoms with E-state index in [-0.39, 0.29) is 18.9 Å². The van der Waals surface area contributed by atoms with Crippen LogP contribution in [0.4, 0.5) is 20.2 Å². The molecule has 0 radical (unpaired) electrons. The molecule has 2 aliphatic rings. The molecule has 1 fully saturated rings. The fourth-order valence-corrected chi connectivity index (χ4v) is 4.75. The predicted molar refractivity (Wildman–Crippen MR) is 145 cm³/mol. The van der Waals surface area contributed by atoms with Crippen molar-refractivity contribution in [3.05, 3.63) is 64.9 Å². The maximum atomic E-state index is 14.9. The van der Waals surface area contributed by atoms with Crippen LogP contribution in [0.5, 0.6) is 11.5 Å². The van der Waals surface area contributed by atoms with Gasteiger partial charge in [0.25, 0.3) is 0 Å². The third kappa shape index (κ3) is 6.15. The van der Waals surface area contributed by atoms with E-state index in [2.05, 4.69) is 25.6 Å². The molecule has 0 spiro atoms. The van der Waals surface area contributed by atoms with Gasteiger partial charge in [-0.1, -0.05) is 6.07 Å². The lowest BCUT2D eigenvalue weighted by Crippen LogP contribution is -2.44. The van der Waals surface area contributed by atoms with Gasteiger partial charge in [-0.2, -0.15) is 5.10 Å². The third-order valence-electron chi connectivity index (χ3n) is 6.71. The van der Waals surface area contributed by atoms with Gasteiger partial charge in [0.2, 0.25) is 5.91 Å². The summed E-state index contributed by atoms with van der Waals surface area (Å²) in [6, 6.07) is 7.51. The maximum Gasteiger partial charge on any atom is 0.239 e. The zero-order valence-electron chi connectivity index (χ0n) is 22.2. The Morgan fingerprint density at radius 1 is 1.20 bits per heavy atom. The molecule has 0 aliphatic carbocycles. The minimum absolute atomic E-state index is 0.00799. The lowest BCUT2D eigenvalue weighted by Gasteiger charge is -2.29. The summed E-state index contributed by atoms with van der Waals surface area (Å²) >= 11 is 0. The summed E-state index contributed by atoms with van der Waals surface area (Å²) in [5.41, 5.74) is 5.80. The highest BCUT2D eigenvalue weighted by atomic mass is 19.2. The molecule has 212 valence electrons. The van der Waals surface area contributed by atoms with Crippen molar-refractivity contribution in [2.45, 2.75) is 13.0 Å². The quantitative estimate of drug-likeness (QED) is 0.295. The number of halogens is 2. The van der Waals surface area contributed by atoms with Gasteiger partial charge < -0.3 is 35.6 Å². The maximum absolute atomic E-state index is 14.9. The molecule has 1 amide bonds. The Bertz CT molecular complexity index is 1490. The molecule has 5 rings (SSSR count). The molecule has 0 saturated carbocycles. The number of hydrogen-bond acceptors (Lipinski definition) is 9. The first-order chi connectivity index (χ1) is 19.4. The van der Waals surface area contributed by atoms with Crippen LogP contribution in [0, 0.1) is 11.6 Å². The number of anilines is 2. The fourth-order valence-electron chi connectivity index (χ4n) is 4.75. The lowest BCUT2D eigenvalue weighted by molar-refractivity contribution is -0.118. The average Bonchev–Trinajstić information content (AvgIpc) is 3.39. The Hall–Kier alpha value is -4.23. The number of nitrogens with two attached hydrogens (primary N) is 1. The Kier molecular flexibility index (Phi) is 8.41.